The summed E-state index contributed by atoms with van der Waals surface area (Å²) in [7, 11) is 1.64. The lowest BCUT2D eigenvalue weighted by Gasteiger charge is -2.06. The van der Waals surface area contributed by atoms with Crippen LogP contribution in [0.15, 0.2) is 53.0 Å². The Morgan fingerprint density at radius 3 is 2.35 bits per heavy atom. The lowest BCUT2D eigenvalue weighted by molar-refractivity contribution is -0.116. The number of anilines is 1. The Morgan fingerprint density at radius 1 is 1.10 bits per heavy atom. The van der Waals surface area contributed by atoms with E-state index < -0.39 is 0 Å². The molecule has 0 aliphatic heterocycles. The molecule has 3 nitrogen and oxygen atoms in total. The van der Waals surface area contributed by atoms with Gasteiger partial charge in [-0.3, -0.25) is 4.79 Å². The van der Waals surface area contributed by atoms with E-state index in [1.165, 1.54) is 0 Å². The fraction of sp³-hybridized carbons (Fsp3) is 0.188. The molecular weight excluding hydrogens is 318 g/mol. The molecular formula is C16H16BrNO2. The first kappa shape index (κ1) is 14.6. The van der Waals surface area contributed by atoms with Crippen LogP contribution < -0.4 is 10.1 Å². The van der Waals surface area contributed by atoms with Gasteiger partial charge in [0.15, 0.2) is 0 Å². The largest absolute Gasteiger partial charge is 0.497 e. The number of amides is 1. The molecule has 0 radical (unpaired) electrons. The van der Waals surface area contributed by atoms with Crippen molar-refractivity contribution in [2.45, 2.75) is 12.8 Å². The number of nitrogens with one attached hydrogen (secondary N) is 1. The molecule has 0 aliphatic rings. The van der Waals surface area contributed by atoms with Crippen LogP contribution in [0, 0.1) is 0 Å². The second-order valence-corrected chi connectivity index (χ2v) is 5.32. The van der Waals surface area contributed by atoms with Gasteiger partial charge in [0.2, 0.25) is 5.91 Å². The van der Waals surface area contributed by atoms with E-state index in [0.717, 1.165) is 21.5 Å². The Labute approximate surface area is 127 Å². The summed E-state index contributed by atoms with van der Waals surface area (Å²) < 4.78 is 6.09. The number of methoxy groups -OCH3 is 1. The van der Waals surface area contributed by atoms with Gasteiger partial charge in [0.05, 0.1) is 7.11 Å². The first-order chi connectivity index (χ1) is 9.67. The third-order valence-corrected chi connectivity index (χ3v) is 3.46. The molecule has 0 fully saturated rings. The molecule has 1 amide bonds. The predicted molar refractivity (Wildman–Crippen MR) is 84.1 cm³/mol. The van der Waals surface area contributed by atoms with Crippen LogP contribution in [-0.2, 0) is 11.2 Å². The molecule has 4 heteroatoms. The van der Waals surface area contributed by atoms with Crippen molar-refractivity contribution in [1.29, 1.82) is 0 Å². The Balaban J connectivity index is 1.83. The van der Waals surface area contributed by atoms with E-state index in [4.69, 9.17) is 4.74 Å². The molecule has 2 rings (SSSR count). The number of carbonyl (C=O) groups is 1. The fourth-order valence-corrected chi connectivity index (χ4v) is 2.07. The van der Waals surface area contributed by atoms with Crippen LogP contribution in [0.25, 0.3) is 0 Å². The summed E-state index contributed by atoms with van der Waals surface area (Å²) in [4.78, 5) is 11.8. The van der Waals surface area contributed by atoms with Crippen molar-refractivity contribution in [2.24, 2.45) is 0 Å². The van der Waals surface area contributed by atoms with E-state index in [2.05, 4.69) is 21.2 Å². The molecule has 0 saturated heterocycles. The number of rotatable bonds is 5. The molecule has 0 unspecified atom stereocenters. The molecule has 0 bridgehead atoms. The lowest BCUT2D eigenvalue weighted by atomic mass is 10.1. The summed E-state index contributed by atoms with van der Waals surface area (Å²) >= 11 is 3.36. The van der Waals surface area contributed by atoms with Crippen molar-refractivity contribution in [3.05, 3.63) is 58.6 Å². The van der Waals surface area contributed by atoms with Crippen molar-refractivity contribution < 1.29 is 9.53 Å². The highest BCUT2D eigenvalue weighted by atomic mass is 79.9. The summed E-state index contributed by atoms with van der Waals surface area (Å²) in [6.45, 7) is 0. The van der Waals surface area contributed by atoms with Crippen LogP contribution in [0.4, 0.5) is 5.69 Å². The van der Waals surface area contributed by atoms with Gasteiger partial charge in [0.1, 0.15) is 5.75 Å². The SMILES string of the molecule is COc1ccc(CCC(=O)Nc2ccc(Br)cc2)cc1. The summed E-state index contributed by atoms with van der Waals surface area (Å²) in [5.74, 6) is 0.844. The fourth-order valence-electron chi connectivity index (χ4n) is 1.81. The third-order valence-electron chi connectivity index (χ3n) is 2.93. The number of hydrogen-bond acceptors (Lipinski definition) is 2. The molecule has 0 spiro atoms. The number of benzene rings is 2. The molecule has 0 aliphatic carbocycles. The van der Waals surface area contributed by atoms with E-state index in [1.807, 2.05) is 48.5 Å². The number of hydrogen-bond donors (Lipinski definition) is 1. The van der Waals surface area contributed by atoms with Crippen LogP contribution in [-0.4, -0.2) is 13.0 Å². The lowest BCUT2D eigenvalue weighted by Crippen LogP contribution is -2.12. The van der Waals surface area contributed by atoms with Crippen molar-refractivity contribution in [3.8, 4) is 5.75 Å². The average molecular weight is 334 g/mol. The van der Waals surface area contributed by atoms with E-state index in [-0.39, 0.29) is 5.91 Å². The highest BCUT2D eigenvalue weighted by molar-refractivity contribution is 9.10. The van der Waals surface area contributed by atoms with Crippen molar-refractivity contribution in [1.82, 2.24) is 0 Å². The van der Waals surface area contributed by atoms with Gasteiger partial charge in [-0.25, -0.2) is 0 Å². The Bertz CT molecular complexity index is 564. The molecule has 0 atom stereocenters. The topological polar surface area (TPSA) is 38.3 Å². The average Bonchev–Trinajstić information content (AvgIpc) is 2.48. The zero-order chi connectivity index (χ0) is 14.4. The molecule has 0 saturated carbocycles. The second kappa shape index (κ2) is 7.10. The van der Waals surface area contributed by atoms with Crippen LogP contribution in [0.2, 0.25) is 0 Å². The van der Waals surface area contributed by atoms with Gasteiger partial charge >= 0.3 is 0 Å². The zero-order valence-corrected chi connectivity index (χ0v) is 12.8. The number of carbonyl (C=O) groups excluding carboxylic acids is 1. The molecule has 1 N–H and O–H groups in total. The van der Waals surface area contributed by atoms with E-state index in [0.29, 0.717) is 12.8 Å². The first-order valence-corrected chi connectivity index (χ1v) is 7.15. The minimum atomic E-state index is 0.0168. The van der Waals surface area contributed by atoms with Gasteiger partial charge in [-0.1, -0.05) is 28.1 Å². The molecule has 0 heterocycles. The normalized spacial score (nSPS) is 10.1. The maximum atomic E-state index is 11.8. The summed E-state index contributed by atoms with van der Waals surface area (Å²) in [6.07, 6.45) is 1.18. The van der Waals surface area contributed by atoms with Crippen molar-refractivity contribution in [2.75, 3.05) is 12.4 Å². The zero-order valence-electron chi connectivity index (χ0n) is 11.2. The van der Waals surface area contributed by atoms with Crippen LogP contribution in [0.3, 0.4) is 0 Å². The quantitative estimate of drug-likeness (QED) is 0.897. The molecule has 104 valence electrons. The van der Waals surface area contributed by atoms with Crippen molar-refractivity contribution in [3.63, 3.8) is 0 Å². The van der Waals surface area contributed by atoms with Gasteiger partial charge in [-0.2, -0.15) is 0 Å². The van der Waals surface area contributed by atoms with Gasteiger partial charge in [0, 0.05) is 16.6 Å². The number of halogens is 1. The third kappa shape index (κ3) is 4.38. The first-order valence-electron chi connectivity index (χ1n) is 6.36. The smallest absolute Gasteiger partial charge is 0.224 e. The van der Waals surface area contributed by atoms with E-state index >= 15 is 0 Å². The van der Waals surface area contributed by atoms with E-state index in [9.17, 15) is 4.79 Å². The maximum absolute atomic E-state index is 11.8. The predicted octanol–water partition coefficient (Wildman–Crippen LogP) is 4.03. The van der Waals surface area contributed by atoms with Crippen LogP contribution >= 0.6 is 15.9 Å². The molecule has 2 aromatic carbocycles. The summed E-state index contributed by atoms with van der Waals surface area (Å²) in [6, 6.07) is 15.3. The monoisotopic (exact) mass is 333 g/mol. The van der Waals surface area contributed by atoms with Gasteiger partial charge in [-0.05, 0) is 48.4 Å². The van der Waals surface area contributed by atoms with E-state index in [1.54, 1.807) is 7.11 Å². The summed E-state index contributed by atoms with van der Waals surface area (Å²) in [5, 5.41) is 2.88. The molecule has 0 aromatic heterocycles. The standard InChI is InChI=1S/C16H16BrNO2/c1-20-15-9-2-12(3-10-15)4-11-16(19)18-14-7-5-13(17)6-8-14/h2-3,5-10H,4,11H2,1H3,(H,18,19). The molecule has 20 heavy (non-hydrogen) atoms. The Kier molecular flexibility index (Phi) is 5.18. The van der Waals surface area contributed by atoms with Crippen LogP contribution in [0.1, 0.15) is 12.0 Å². The Hall–Kier alpha value is -1.81. The van der Waals surface area contributed by atoms with Gasteiger partial charge in [-0.15, -0.1) is 0 Å². The highest BCUT2D eigenvalue weighted by Gasteiger charge is 2.03. The summed E-state index contributed by atoms with van der Waals surface area (Å²) in [5.41, 5.74) is 1.93. The minimum absolute atomic E-state index is 0.0168. The Morgan fingerprint density at radius 2 is 1.75 bits per heavy atom. The van der Waals surface area contributed by atoms with Crippen molar-refractivity contribution >= 4 is 27.5 Å². The number of ether oxygens (including phenoxy) is 1. The van der Waals surface area contributed by atoms with Crippen LogP contribution in [0.5, 0.6) is 5.75 Å². The highest BCUT2D eigenvalue weighted by Crippen LogP contribution is 2.15. The molecule has 2 aromatic rings. The van der Waals surface area contributed by atoms with Gasteiger partial charge < -0.3 is 10.1 Å². The maximum Gasteiger partial charge on any atom is 0.224 e. The van der Waals surface area contributed by atoms with Gasteiger partial charge in [0.25, 0.3) is 0 Å². The number of aryl methyl sites for hydroxylation is 1. The second-order valence-electron chi connectivity index (χ2n) is 4.40. The minimum Gasteiger partial charge on any atom is -0.497 e.